The Morgan fingerprint density at radius 2 is 2.00 bits per heavy atom. The van der Waals surface area contributed by atoms with Crippen molar-refractivity contribution in [2.45, 2.75) is 52.5 Å². The van der Waals surface area contributed by atoms with Crippen LogP contribution >= 0.6 is 11.3 Å². The maximum atomic E-state index is 13.1. The normalized spacial score (nSPS) is 13.4. The molecule has 0 aliphatic heterocycles. The zero-order valence-electron chi connectivity index (χ0n) is 20.2. The third kappa shape index (κ3) is 4.06. The van der Waals surface area contributed by atoms with Gasteiger partial charge in [0.05, 0.1) is 11.9 Å². The predicted octanol–water partition coefficient (Wildman–Crippen LogP) is 6.43. The van der Waals surface area contributed by atoms with Crippen LogP contribution in [0.1, 0.15) is 41.3 Å². The Labute approximate surface area is 208 Å². The zero-order chi connectivity index (χ0) is 23.9. The molecule has 2 aromatic carbocycles. The minimum atomic E-state index is -0.0178. The first-order valence-electron chi connectivity index (χ1n) is 12.5. The fraction of sp³-hybridized carbons (Fsp3) is 0.310. The van der Waals surface area contributed by atoms with Gasteiger partial charge in [0, 0.05) is 27.5 Å². The molecule has 5 nitrogen and oxygen atoms in total. The minimum Gasteiger partial charge on any atom is -0.492 e. The molecule has 3 heterocycles. The van der Waals surface area contributed by atoms with Gasteiger partial charge in [-0.1, -0.05) is 31.2 Å². The van der Waals surface area contributed by atoms with Gasteiger partial charge in [-0.2, -0.15) is 0 Å². The van der Waals surface area contributed by atoms with E-state index >= 15 is 0 Å². The van der Waals surface area contributed by atoms with E-state index in [4.69, 9.17) is 9.72 Å². The summed E-state index contributed by atoms with van der Waals surface area (Å²) in [6, 6.07) is 14.7. The first-order valence-corrected chi connectivity index (χ1v) is 13.3. The first kappa shape index (κ1) is 22.1. The number of hydrogen-bond donors (Lipinski definition) is 1. The summed E-state index contributed by atoms with van der Waals surface area (Å²) in [5.74, 6) is 1.56. The number of H-pyrrole nitrogens is 1. The maximum Gasteiger partial charge on any atom is 0.260 e. The summed E-state index contributed by atoms with van der Waals surface area (Å²) >= 11 is 1.69. The number of ether oxygens (including phenoxy) is 1. The summed E-state index contributed by atoms with van der Waals surface area (Å²) in [6.07, 6.45) is 7.48. The summed E-state index contributed by atoms with van der Waals surface area (Å²) in [4.78, 5) is 23.4. The third-order valence-electron chi connectivity index (χ3n) is 6.99. The van der Waals surface area contributed by atoms with Crippen molar-refractivity contribution in [2.24, 2.45) is 0 Å². The number of nitrogens with one attached hydrogen (secondary N) is 1. The van der Waals surface area contributed by atoms with Crippen LogP contribution in [-0.2, 0) is 25.8 Å². The molecular formula is C29H29N3O2S. The van der Waals surface area contributed by atoms with Gasteiger partial charge in [-0.05, 0) is 73.9 Å². The summed E-state index contributed by atoms with van der Waals surface area (Å²) in [5.41, 5.74) is 5.77. The van der Waals surface area contributed by atoms with Crippen LogP contribution in [0.5, 0.6) is 5.75 Å². The molecule has 3 aromatic heterocycles. The average Bonchev–Trinajstić information content (AvgIpc) is 3.42. The van der Waals surface area contributed by atoms with E-state index in [9.17, 15) is 4.79 Å². The standard InChI is InChI=1S/C29H29N3O2S/c1-3-19-14-18(2)15-20(16-19)34-13-12-32-17-23(21-8-4-6-10-24(21)32)27-30-28(33)26-22-9-5-7-11-25(22)35-29(26)31-27/h4,6,8,10,14-17H,3,5,7,9,11-13H2,1-2H3,(H,30,31,33). The lowest BCUT2D eigenvalue weighted by Crippen LogP contribution is -2.11. The number of fused-ring (bicyclic) bond motifs is 4. The number of aromatic amines is 1. The number of aryl methyl sites for hydroxylation is 4. The molecule has 1 aliphatic rings. The Hall–Kier alpha value is -3.38. The highest BCUT2D eigenvalue weighted by Gasteiger charge is 2.21. The molecule has 178 valence electrons. The number of aromatic nitrogens is 3. The molecule has 0 atom stereocenters. The second kappa shape index (κ2) is 9.00. The molecular weight excluding hydrogens is 454 g/mol. The quantitative estimate of drug-likeness (QED) is 0.303. The fourth-order valence-corrected chi connectivity index (χ4v) is 6.55. The number of para-hydroxylation sites is 1. The van der Waals surface area contributed by atoms with Crippen LogP contribution in [0.3, 0.4) is 0 Å². The summed E-state index contributed by atoms with van der Waals surface area (Å²) in [7, 11) is 0. The van der Waals surface area contributed by atoms with Gasteiger partial charge in [-0.3, -0.25) is 4.79 Å². The molecule has 1 aliphatic carbocycles. The van der Waals surface area contributed by atoms with Gasteiger partial charge in [0.15, 0.2) is 0 Å². The summed E-state index contributed by atoms with van der Waals surface area (Å²) in [6.45, 7) is 5.53. The van der Waals surface area contributed by atoms with Crippen molar-refractivity contribution in [3.05, 3.63) is 80.6 Å². The van der Waals surface area contributed by atoms with E-state index in [2.05, 4.69) is 59.9 Å². The Morgan fingerprint density at radius 3 is 2.89 bits per heavy atom. The Kier molecular flexibility index (Phi) is 5.69. The van der Waals surface area contributed by atoms with Gasteiger partial charge in [0.1, 0.15) is 23.0 Å². The molecule has 1 N–H and O–H groups in total. The van der Waals surface area contributed by atoms with Crippen molar-refractivity contribution < 1.29 is 4.74 Å². The molecule has 0 fully saturated rings. The van der Waals surface area contributed by atoms with Crippen molar-refractivity contribution in [1.29, 1.82) is 0 Å². The molecule has 0 radical (unpaired) electrons. The van der Waals surface area contributed by atoms with Crippen molar-refractivity contribution in [1.82, 2.24) is 14.5 Å². The van der Waals surface area contributed by atoms with Crippen LogP contribution in [-0.4, -0.2) is 21.1 Å². The van der Waals surface area contributed by atoms with Crippen LogP contribution in [0.4, 0.5) is 0 Å². The van der Waals surface area contributed by atoms with Gasteiger partial charge in [-0.25, -0.2) is 4.98 Å². The van der Waals surface area contributed by atoms with Gasteiger partial charge >= 0.3 is 0 Å². The Balaban J connectivity index is 1.34. The van der Waals surface area contributed by atoms with Crippen LogP contribution in [0.2, 0.25) is 0 Å². The van der Waals surface area contributed by atoms with Crippen LogP contribution in [0.25, 0.3) is 32.5 Å². The van der Waals surface area contributed by atoms with Crippen molar-refractivity contribution in [3.63, 3.8) is 0 Å². The van der Waals surface area contributed by atoms with Crippen LogP contribution in [0, 0.1) is 6.92 Å². The fourth-order valence-electron chi connectivity index (χ4n) is 5.29. The lowest BCUT2D eigenvalue weighted by atomic mass is 9.97. The second-order valence-electron chi connectivity index (χ2n) is 9.42. The van der Waals surface area contributed by atoms with Crippen LogP contribution < -0.4 is 10.3 Å². The number of nitrogens with zero attached hydrogens (tertiary/aromatic N) is 2. The SMILES string of the molecule is CCc1cc(C)cc(OCCn2cc(-c3nc4sc5c(c4c(=O)[nH]3)CCCC5)c3ccccc32)c1. The number of thiophene rings is 1. The molecule has 35 heavy (non-hydrogen) atoms. The number of rotatable bonds is 6. The van der Waals surface area contributed by atoms with Gasteiger partial charge in [0.2, 0.25) is 0 Å². The molecule has 0 saturated heterocycles. The number of benzene rings is 2. The summed E-state index contributed by atoms with van der Waals surface area (Å²) < 4.78 is 8.33. The van der Waals surface area contributed by atoms with E-state index in [1.165, 1.54) is 28.0 Å². The van der Waals surface area contributed by atoms with Crippen molar-refractivity contribution in [2.75, 3.05) is 6.61 Å². The molecule has 6 rings (SSSR count). The van der Waals surface area contributed by atoms with E-state index in [1.807, 2.05) is 12.1 Å². The van der Waals surface area contributed by atoms with E-state index in [0.29, 0.717) is 19.0 Å². The van der Waals surface area contributed by atoms with E-state index in [1.54, 1.807) is 11.3 Å². The Morgan fingerprint density at radius 1 is 1.14 bits per heavy atom. The first-order chi connectivity index (χ1) is 17.1. The molecule has 0 saturated carbocycles. The van der Waals surface area contributed by atoms with Gasteiger partial charge in [0.25, 0.3) is 5.56 Å². The maximum absolute atomic E-state index is 13.1. The molecule has 0 unspecified atom stereocenters. The third-order valence-corrected chi connectivity index (χ3v) is 8.17. The number of hydrogen-bond acceptors (Lipinski definition) is 4. The predicted molar refractivity (Wildman–Crippen MR) is 144 cm³/mol. The van der Waals surface area contributed by atoms with E-state index in [0.717, 1.165) is 58.1 Å². The molecule has 6 heteroatoms. The molecule has 0 bridgehead atoms. The molecule has 0 spiro atoms. The highest BCUT2D eigenvalue weighted by atomic mass is 32.1. The largest absolute Gasteiger partial charge is 0.492 e. The average molecular weight is 484 g/mol. The van der Waals surface area contributed by atoms with E-state index in [-0.39, 0.29) is 5.56 Å². The highest BCUT2D eigenvalue weighted by Crippen LogP contribution is 2.35. The monoisotopic (exact) mass is 483 g/mol. The van der Waals surface area contributed by atoms with Gasteiger partial charge < -0.3 is 14.3 Å². The molecule has 5 aromatic rings. The molecule has 0 amide bonds. The zero-order valence-corrected chi connectivity index (χ0v) is 21.0. The summed E-state index contributed by atoms with van der Waals surface area (Å²) in [5, 5.41) is 1.88. The van der Waals surface area contributed by atoms with Crippen molar-refractivity contribution >= 4 is 32.5 Å². The smallest absolute Gasteiger partial charge is 0.260 e. The van der Waals surface area contributed by atoms with E-state index < -0.39 is 0 Å². The lowest BCUT2D eigenvalue weighted by molar-refractivity contribution is 0.300. The Bertz CT molecular complexity index is 1610. The second-order valence-corrected chi connectivity index (χ2v) is 10.5. The van der Waals surface area contributed by atoms with Crippen LogP contribution in [0.15, 0.2) is 53.5 Å². The minimum absolute atomic E-state index is 0.0178. The topological polar surface area (TPSA) is 59.9 Å². The van der Waals surface area contributed by atoms with Crippen molar-refractivity contribution in [3.8, 4) is 17.1 Å². The lowest BCUT2D eigenvalue weighted by Gasteiger charge is -2.10. The van der Waals surface area contributed by atoms with Gasteiger partial charge in [-0.15, -0.1) is 11.3 Å². The highest BCUT2D eigenvalue weighted by molar-refractivity contribution is 7.18.